The van der Waals surface area contributed by atoms with Crippen LogP contribution in [0.4, 0.5) is 0 Å². The number of aromatic nitrogens is 3. The van der Waals surface area contributed by atoms with Crippen LogP contribution in [0.1, 0.15) is 39.3 Å². The van der Waals surface area contributed by atoms with Gasteiger partial charge in [-0.1, -0.05) is 50.1 Å². The summed E-state index contributed by atoms with van der Waals surface area (Å²) < 4.78 is 9.61. The van der Waals surface area contributed by atoms with Gasteiger partial charge in [0.2, 0.25) is 10.7 Å². The summed E-state index contributed by atoms with van der Waals surface area (Å²) in [4.78, 5) is 11.8. The minimum absolute atomic E-state index is 0.371. The van der Waals surface area contributed by atoms with Gasteiger partial charge >= 0.3 is 0 Å². The number of hydrogen-bond donors (Lipinski definition) is 4. The van der Waals surface area contributed by atoms with Crippen LogP contribution in [0.25, 0.3) is 11.4 Å². The molecule has 10 heteroatoms. The number of nitrogens with one attached hydrogen (secondary N) is 1. The van der Waals surface area contributed by atoms with Gasteiger partial charge in [-0.05, 0) is 18.6 Å². The first-order valence-corrected chi connectivity index (χ1v) is 10.9. The number of carbonyl (C=O) groups is 1. The van der Waals surface area contributed by atoms with Crippen molar-refractivity contribution >= 4 is 18.1 Å². The first-order chi connectivity index (χ1) is 14.9. The van der Waals surface area contributed by atoms with Crippen LogP contribution in [0, 0.1) is 4.77 Å². The monoisotopic (exact) mass is 450 g/mol. The summed E-state index contributed by atoms with van der Waals surface area (Å²) in [7, 11) is 0. The number of aliphatic hydroxyl groups is 3. The van der Waals surface area contributed by atoms with E-state index >= 15 is 0 Å². The molecule has 0 bridgehead atoms. The molecule has 1 aliphatic heterocycles. The van der Waals surface area contributed by atoms with E-state index in [4.69, 9.17) is 22.1 Å². The Balaban J connectivity index is 2.08. The van der Waals surface area contributed by atoms with Crippen LogP contribution in [0.3, 0.4) is 0 Å². The fourth-order valence-corrected chi connectivity index (χ4v) is 4.12. The van der Waals surface area contributed by atoms with Crippen molar-refractivity contribution in [1.29, 1.82) is 0 Å². The van der Waals surface area contributed by atoms with Crippen molar-refractivity contribution in [2.45, 2.75) is 70.2 Å². The lowest BCUT2D eigenvalue weighted by Gasteiger charge is -2.42. The minimum atomic E-state index is -1.37. The zero-order chi connectivity index (χ0) is 22.5. The molecule has 0 unspecified atom stereocenters. The summed E-state index contributed by atoms with van der Waals surface area (Å²) in [5.74, 6) is 0.248. The van der Waals surface area contributed by atoms with Crippen LogP contribution in [0.5, 0.6) is 0 Å². The smallest absolute Gasteiger partial charge is 0.217 e. The van der Waals surface area contributed by atoms with Gasteiger partial charge in [0.25, 0.3) is 0 Å². The van der Waals surface area contributed by atoms with E-state index in [0.29, 0.717) is 17.1 Å². The fraction of sp³-hybridized carbons (Fsp3) is 0.571. The molecule has 9 nitrogen and oxygen atoms in total. The van der Waals surface area contributed by atoms with E-state index in [2.05, 4.69) is 12.2 Å². The van der Waals surface area contributed by atoms with Crippen LogP contribution in [0.2, 0.25) is 0 Å². The second-order valence-electron chi connectivity index (χ2n) is 7.73. The number of rotatable bonds is 8. The highest BCUT2D eigenvalue weighted by Crippen LogP contribution is 2.30. The molecule has 1 amide bonds. The van der Waals surface area contributed by atoms with Crippen LogP contribution >= 0.6 is 12.2 Å². The molecule has 1 saturated heterocycles. The summed E-state index contributed by atoms with van der Waals surface area (Å²) in [6.07, 6.45) is -1.77. The normalized spacial score (nSPS) is 26.0. The molecule has 0 radical (unpaired) electrons. The maximum atomic E-state index is 11.8. The molecule has 1 fully saturated rings. The molecule has 2 heterocycles. The van der Waals surface area contributed by atoms with Gasteiger partial charge in [0.1, 0.15) is 24.4 Å². The van der Waals surface area contributed by atoms with Crippen LogP contribution in [-0.4, -0.2) is 66.5 Å². The van der Waals surface area contributed by atoms with Crippen LogP contribution in [0.15, 0.2) is 30.3 Å². The summed E-state index contributed by atoms with van der Waals surface area (Å²) in [5.41, 5.74) is 0.870. The van der Waals surface area contributed by atoms with Crippen LogP contribution in [-0.2, 0) is 16.1 Å². The van der Waals surface area contributed by atoms with Gasteiger partial charge in [-0.2, -0.15) is 0 Å². The molecule has 1 aliphatic rings. The van der Waals surface area contributed by atoms with Gasteiger partial charge < -0.3 is 25.4 Å². The molecule has 31 heavy (non-hydrogen) atoms. The van der Waals surface area contributed by atoms with Crippen molar-refractivity contribution < 1.29 is 24.9 Å². The number of benzene rings is 1. The highest BCUT2D eigenvalue weighted by Gasteiger charge is 2.46. The summed E-state index contributed by atoms with van der Waals surface area (Å²) >= 11 is 5.72. The van der Waals surface area contributed by atoms with Gasteiger partial charge in [-0.25, -0.2) is 4.68 Å². The van der Waals surface area contributed by atoms with Crippen molar-refractivity contribution in [2.75, 3.05) is 6.61 Å². The third-order valence-electron chi connectivity index (χ3n) is 5.41. The number of nitrogens with zero attached hydrogens (tertiary/aromatic N) is 3. The Hall–Kier alpha value is -2.11. The average Bonchev–Trinajstić information content (AvgIpc) is 3.08. The maximum Gasteiger partial charge on any atom is 0.217 e. The molecule has 0 saturated carbocycles. The highest BCUT2D eigenvalue weighted by molar-refractivity contribution is 7.71. The lowest BCUT2D eigenvalue weighted by molar-refractivity contribution is -0.219. The zero-order valence-corrected chi connectivity index (χ0v) is 18.5. The molecule has 4 N–H and O–H groups in total. The quantitative estimate of drug-likeness (QED) is 0.354. The number of aliphatic hydroxyl groups excluding tert-OH is 3. The molecule has 1 aromatic heterocycles. The third kappa shape index (κ3) is 5.04. The van der Waals surface area contributed by atoms with Crippen LogP contribution < -0.4 is 5.32 Å². The lowest BCUT2D eigenvalue weighted by atomic mass is 9.96. The predicted molar refractivity (Wildman–Crippen MR) is 117 cm³/mol. The molecule has 1 aromatic carbocycles. The van der Waals surface area contributed by atoms with E-state index in [1.165, 1.54) is 11.6 Å². The Morgan fingerprint density at radius 3 is 2.55 bits per heavy atom. The molecular weight excluding hydrogens is 420 g/mol. The summed E-state index contributed by atoms with van der Waals surface area (Å²) in [6, 6.07) is 8.60. The van der Waals surface area contributed by atoms with Gasteiger partial charge in [0.15, 0.2) is 12.1 Å². The van der Waals surface area contributed by atoms with Gasteiger partial charge in [0.05, 0.1) is 6.61 Å². The number of amides is 1. The first-order valence-electron chi connectivity index (χ1n) is 10.5. The van der Waals surface area contributed by atoms with E-state index in [0.717, 1.165) is 24.8 Å². The maximum absolute atomic E-state index is 11.8. The van der Waals surface area contributed by atoms with E-state index in [1.54, 1.807) is 0 Å². The Morgan fingerprint density at radius 2 is 1.94 bits per heavy atom. The van der Waals surface area contributed by atoms with Crippen molar-refractivity contribution in [3.63, 3.8) is 0 Å². The highest BCUT2D eigenvalue weighted by atomic mass is 32.1. The van der Waals surface area contributed by atoms with E-state index in [1.807, 2.05) is 34.9 Å². The second kappa shape index (κ2) is 10.5. The second-order valence-corrected chi connectivity index (χ2v) is 8.10. The summed E-state index contributed by atoms with van der Waals surface area (Å²) in [6.45, 7) is 3.59. The van der Waals surface area contributed by atoms with Gasteiger partial charge in [-0.3, -0.25) is 9.36 Å². The zero-order valence-electron chi connectivity index (χ0n) is 17.7. The van der Waals surface area contributed by atoms with Crippen molar-refractivity contribution in [1.82, 2.24) is 19.7 Å². The molecule has 0 spiro atoms. The number of hydrogen-bond acceptors (Lipinski definition) is 7. The average molecular weight is 451 g/mol. The fourth-order valence-electron chi connectivity index (χ4n) is 3.80. The van der Waals surface area contributed by atoms with E-state index in [-0.39, 0.29) is 0 Å². The molecule has 5 atom stereocenters. The molecule has 170 valence electrons. The topological polar surface area (TPSA) is 122 Å². The SMILES string of the molecule is CCCCCn1c(-c2ccccc2)nn([C@@H]2O[C@H](CO)[C@@H](O)[C@H](O)[C@H]2NC(C)=O)c1=S. The van der Waals surface area contributed by atoms with Crippen molar-refractivity contribution in [2.24, 2.45) is 0 Å². The summed E-state index contributed by atoms with van der Waals surface area (Å²) in [5, 5.41) is 37.9. The Kier molecular flexibility index (Phi) is 7.95. The predicted octanol–water partition coefficient (Wildman–Crippen LogP) is 1.39. The lowest BCUT2D eigenvalue weighted by Crippen LogP contribution is -2.62. The number of ether oxygens (including phenoxy) is 1. The van der Waals surface area contributed by atoms with E-state index < -0.39 is 43.1 Å². The number of carbonyl (C=O) groups excluding carboxylic acids is 1. The Labute approximate surface area is 186 Å². The molecule has 3 rings (SSSR count). The molecular formula is C21H30N4O5S. The Morgan fingerprint density at radius 1 is 1.23 bits per heavy atom. The first kappa shape index (κ1) is 23.6. The van der Waals surface area contributed by atoms with Crippen molar-refractivity contribution in [3.05, 3.63) is 35.1 Å². The molecule has 2 aromatic rings. The van der Waals surface area contributed by atoms with Gasteiger partial charge in [0, 0.05) is 19.0 Å². The minimum Gasteiger partial charge on any atom is -0.394 e. The molecule has 0 aliphatic carbocycles. The van der Waals surface area contributed by atoms with Crippen molar-refractivity contribution in [3.8, 4) is 11.4 Å². The Bertz CT molecular complexity index is 932. The largest absolute Gasteiger partial charge is 0.394 e. The third-order valence-corrected chi connectivity index (χ3v) is 5.82. The van der Waals surface area contributed by atoms with Gasteiger partial charge in [-0.15, -0.1) is 5.10 Å². The van der Waals surface area contributed by atoms with E-state index in [9.17, 15) is 20.1 Å². The standard InChI is InChI=1S/C21H30N4O5S/c1-3-4-8-11-24-19(14-9-6-5-7-10-14)23-25(21(24)31)20-16(22-13(2)27)18(29)17(28)15(12-26)30-20/h5-7,9-10,15-18,20,26,28-29H,3-4,8,11-12H2,1-2H3,(H,22,27)/t15-,16-,17-,18-,20-/m1/s1. The number of unbranched alkanes of at least 4 members (excludes halogenated alkanes) is 2.